The molecule has 1 unspecified atom stereocenters. The predicted octanol–water partition coefficient (Wildman–Crippen LogP) is 0.613. The molecule has 0 heterocycles. The molecule has 0 aromatic carbocycles. The van der Waals surface area contributed by atoms with E-state index in [-0.39, 0.29) is 18.3 Å². The largest absolute Gasteiger partial charge is 0.454 e. The maximum atomic E-state index is 10.6. The van der Waals surface area contributed by atoms with Crippen LogP contribution < -0.4 is 0 Å². The predicted molar refractivity (Wildman–Crippen MR) is 38.8 cm³/mol. The highest BCUT2D eigenvalue weighted by Crippen LogP contribution is 2.09. The van der Waals surface area contributed by atoms with Crippen molar-refractivity contribution >= 4 is 11.8 Å². The maximum Gasteiger partial charge on any atom is 0.330 e. The third-order valence-electron chi connectivity index (χ3n) is 1.33. The minimum atomic E-state index is -0.491. The molecule has 1 rings (SSSR count). The molecular weight excluding hydrogens is 144 g/mol. The Morgan fingerprint density at radius 3 is 3.00 bits per heavy atom. The zero-order chi connectivity index (χ0) is 8.27. The quantitative estimate of drug-likeness (QED) is 0.430. The summed E-state index contributed by atoms with van der Waals surface area (Å²) in [6.07, 6.45) is 3.95. The summed E-state index contributed by atoms with van der Waals surface area (Å²) in [5.74, 6) is -0.499. The molecule has 0 bridgehead atoms. The van der Waals surface area contributed by atoms with Crippen molar-refractivity contribution in [2.75, 3.05) is 0 Å². The Morgan fingerprint density at radius 1 is 1.82 bits per heavy atom. The molecular formula is C8H8O3. The van der Waals surface area contributed by atoms with Crippen LogP contribution in [0.15, 0.2) is 24.8 Å². The summed E-state index contributed by atoms with van der Waals surface area (Å²) in [5.41, 5.74) is 0. The van der Waals surface area contributed by atoms with Crippen LogP contribution in [-0.2, 0) is 14.3 Å². The van der Waals surface area contributed by atoms with Crippen molar-refractivity contribution in [2.45, 2.75) is 12.5 Å². The zero-order valence-electron chi connectivity index (χ0n) is 5.95. The second kappa shape index (κ2) is 3.14. The molecule has 0 saturated heterocycles. The molecule has 0 aromatic rings. The molecule has 3 nitrogen and oxygen atoms in total. The third kappa shape index (κ3) is 2.04. The second-order valence-corrected chi connectivity index (χ2v) is 2.21. The lowest BCUT2D eigenvalue weighted by atomic mass is 10.3. The van der Waals surface area contributed by atoms with E-state index < -0.39 is 5.97 Å². The molecule has 0 saturated carbocycles. The highest BCUT2D eigenvalue weighted by molar-refractivity contribution is 5.93. The van der Waals surface area contributed by atoms with Crippen LogP contribution in [0, 0.1) is 0 Å². The van der Waals surface area contributed by atoms with E-state index in [0.29, 0.717) is 0 Å². The van der Waals surface area contributed by atoms with Crippen molar-refractivity contribution in [3.8, 4) is 0 Å². The van der Waals surface area contributed by atoms with E-state index >= 15 is 0 Å². The van der Waals surface area contributed by atoms with Gasteiger partial charge in [0, 0.05) is 6.08 Å². The molecule has 0 aliphatic heterocycles. The van der Waals surface area contributed by atoms with Crippen LogP contribution in [-0.4, -0.2) is 17.9 Å². The smallest absolute Gasteiger partial charge is 0.330 e. The first-order valence-electron chi connectivity index (χ1n) is 3.26. The van der Waals surface area contributed by atoms with Crippen molar-refractivity contribution in [3.05, 3.63) is 24.8 Å². The van der Waals surface area contributed by atoms with Gasteiger partial charge in [-0.05, 0) is 12.2 Å². The summed E-state index contributed by atoms with van der Waals surface area (Å²) >= 11 is 0. The summed E-state index contributed by atoms with van der Waals surface area (Å²) in [5, 5.41) is 0. The van der Waals surface area contributed by atoms with Crippen LogP contribution in [0.4, 0.5) is 0 Å². The van der Waals surface area contributed by atoms with E-state index in [9.17, 15) is 9.59 Å². The van der Waals surface area contributed by atoms with Gasteiger partial charge < -0.3 is 4.74 Å². The van der Waals surface area contributed by atoms with Crippen molar-refractivity contribution in [2.24, 2.45) is 0 Å². The molecule has 1 aliphatic carbocycles. The first-order valence-corrected chi connectivity index (χ1v) is 3.26. The number of rotatable bonds is 2. The standard InChI is InChI=1S/C8H8O3/c1-2-8(10)11-7-4-3-6(9)5-7/h2-4,7H,1,5H2. The van der Waals surface area contributed by atoms with Crippen molar-refractivity contribution in [1.82, 2.24) is 0 Å². The molecule has 1 aliphatic rings. The van der Waals surface area contributed by atoms with Crippen LogP contribution in [0.25, 0.3) is 0 Å². The highest BCUT2D eigenvalue weighted by atomic mass is 16.5. The van der Waals surface area contributed by atoms with Crippen LogP contribution in [0.2, 0.25) is 0 Å². The Kier molecular flexibility index (Phi) is 2.21. The van der Waals surface area contributed by atoms with Crippen molar-refractivity contribution in [1.29, 1.82) is 0 Å². The Hall–Kier alpha value is -1.38. The number of allylic oxidation sites excluding steroid dienone is 1. The van der Waals surface area contributed by atoms with E-state index in [1.807, 2.05) is 0 Å². The fourth-order valence-corrected chi connectivity index (χ4v) is 0.827. The van der Waals surface area contributed by atoms with E-state index in [1.165, 1.54) is 6.08 Å². The molecule has 58 valence electrons. The summed E-state index contributed by atoms with van der Waals surface area (Å²) < 4.78 is 4.77. The van der Waals surface area contributed by atoms with Gasteiger partial charge in [0.1, 0.15) is 6.10 Å². The van der Waals surface area contributed by atoms with Gasteiger partial charge in [-0.15, -0.1) is 0 Å². The van der Waals surface area contributed by atoms with E-state index in [4.69, 9.17) is 4.74 Å². The molecule has 0 N–H and O–H groups in total. The topological polar surface area (TPSA) is 43.4 Å². The molecule has 11 heavy (non-hydrogen) atoms. The van der Waals surface area contributed by atoms with Gasteiger partial charge in [0.25, 0.3) is 0 Å². The minimum absolute atomic E-state index is 0.00753. The third-order valence-corrected chi connectivity index (χ3v) is 1.33. The van der Waals surface area contributed by atoms with Gasteiger partial charge in [0.2, 0.25) is 0 Å². The van der Waals surface area contributed by atoms with Gasteiger partial charge in [0.05, 0.1) is 6.42 Å². The molecule has 3 heteroatoms. The van der Waals surface area contributed by atoms with Gasteiger partial charge in [-0.1, -0.05) is 6.58 Å². The number of hydrogen-bond donors (Lipinski definition) is 0. The summed E-state index contributed by atoms with van der Waals surface area (Å²) in [4.78, 5) is 21.2. The maximum absolute atomic E-state index is 10.6. The fraction of sp³-hybridized carbons (Fsp3) is 0.250. The number of carbonyl (C=O) groups is 2. The Balaban J connectivity index is 2.41. The van der Waals surface area contributed by atoms with Gasteiger partial charge in [0.15, 0.2) is 5.78 Å². The first-order chi connectivity index (χ1) is 5.22. The van der Waals surface area contributed by atoms with E-state index in [1.54, 1.807) is 6.08 Å². The van der Waals surface area contributed by atoms with E-state index in [2.05, 4.69) is 6.58 Å². The van der Waals surface area contributed by atoms with E-state index in [0.717, 1.165) is 6.08 Å². The van der Waals surface area contributed by atoms with Crippen molar-refractivity contribution < 1.29 is 14.3 Å². The lowest BCUT2D eigenvalue weighted by Crippen LogP contribution is -2.12. The summed E-state index contributed by atoms with van der Waals surface area (Å²) in [6, 6.07) is 0. The number of ketones is 1. The normalized spacial score (nSPS) is 21.8. The SMILES string of the molecule is C=CC(=O)OC1C=CC(=O)C1. The highest BCUT2D eigenvalue weighted by Gasteiger charge is 2.18. The Morgan fingerprint density at radius 2 is 2.55 bits per heavy atom. The first kappa shape index (κ1) is 7.72. The van der Waals surface area contributed by atoms with Crippen LogP contribution >= 0.6 is 0 Å². The van der Waals surface area contributed by atoms with Crippen molar-refractivity contribution in [3.63, 3.8) is 0 Å². The second-order valence-electron chi connectivity index (χ2n) is 2.21. The van der Waals surface area contributed by atoms with Gasteiger partial charge in [-0.25, -0.2) is 4.79 Å². The summed E-state index contributed by atoms with van der Waals surface area (Å²) in [7, 11) is 0. The number of hydrogen-bond acceptors (Lipinski definition) is 3. The van der Waals surface area contributed by atoms with Crippen LogP contribution in [0.3, 0.4) is 0 Å². The minimum Gasteiger partial charge on any atom is -0.454 e. The average molecular weight is 152 g/mol. The lowest BCUT2D eigenvalue weighted by Gasteiger charge is -2.05. The molecule has 0 fully saturated rings. The monoisotopic (exact) mass is 152 g/mol. The molecule has 0 amide bonds. The molecule has 0 radical (unpaired) electrons. The van der Waals surface area contributed by atoms with Crippen LogP contribution in [0.5, 0.6) is 0 Å². The van der Waals surface area contributed by atoms with Crippen LogP contribution in [0.1, 0.15) is 6.42 Å². The fourth-order valence-electron chi connectivity index (χ4n) is 0.827. The van der Waals surface area contributed by atoms with Gasteiger partial charge in [-0.2, -0.15) is 0 Å². The van der Waals surface area contributed by atoms with Gasteiger partial charge in [-0.3, -0.25) is 4.79 Å². The number of ether oxygens (including phenoxy) is 1. The Labute approximate surface area is 64.3 Å². The molecule has 1 atom stereocenters. The number of carbonyl (C=O) groups excluding carboxylic acids is 2. The zero-order valence-corrected chi connectivity index (χ0v) is 5.95. The summed E-state index contributed by atoms with van der Waals surface area (Å²) in [6.45, 7) is 3.24. The number of esters is 1. The average Bonchev–Trinajstić information content (AvgIpc) is 2.35. The van der Waals surface area contributed by atoms with Gasteiger partial charge >= 0.3 is 5.97 Å². The molecule has 0 spiro atoms. The molecule has 0 aromatic heterocycles. The lowest BCUT2D eigenvalue weighted by molar-refractivity contribution is -0.141. The Bertz CT molecular complexity index is 227.